The molecular weight excluding hydrogens is 292 g/mol. The van der Waals surface area contributed by atoms with Gasteiger partial charge >= 0.3 is 12.0 Å². The summed E-state index contributed by atoms with van der Waals surface area (Å²) in [7, 11) is 0. The van der Waals surface area contributed by atoms with Gasteiger partial charge in [-0.1, -0.05) is 49.6 Å². The number of rotatable bonds is 7. The first-order chi connectivity index (χ1) is 11.1. The fraction of sp³-hybridized carbons (Fsp3) is 0.556. The van der Waals surface area contributed by atoms with Crippen LogP contribution in [0.2, 0.25) is 0 Å². The van der Waals surface area contributed by atoms with Crippen LogP contribution in [0.25, 0.3) is 0 Å². The maximum Gasteiger partial charge on any atom is 0.317 e. The van der Waals surface area contributed by atoms with Gasteiger partial charge in [-0.2, -0.15) is 0 Å². The molecule has 23 heavy (non-hydrogen) atoms. The smallest absolute Gasteiger partial charge is 0.317 e. The van der Waals surface area contributed by atoms with Gasteiger partial charge in [0.05, 0.1) is 6.42 Å². The Kier molecular flexibility index (Phi) is 6.91. The molecule has 2 N–H and O–H groups in total. The molecule has 0 saturated heterocycles. The van der Waals surface area contributed by atoms with Crippen molar-refractivity contribution in [2.45, 2.75) is 45.1 Å². The summed E-state index contributed by atoms with van der Waals surface area (Å²) in [5, 5.41) is 11.4. The molecule has 0 aromatic heterocycles. The number of carbonyl (C=O) groups is 2. The van der Waals surface area contributed by atoms with Gasteiger partial charge in [-0.15, -0.1) is 0 Å². The van der Waals surface area contributed by atoms with Crippen LogP contribution in [0.3, 0.4) is 0 Å². The number of benzene rings is 1. The van der Waals surface area contributed by atoms with E-state index in [0.29, 0.717) is 12.5 Å². The number of carbonyl (C=O) groups excluding carboxylic acids is 1. The summed E-state index contributed by atoms with van der Waals surface area (Å²) in [5.74, 6) is -0.343. The predicted molar refractivity (Wildman–Crippen MR) is 89.1 cm³/mol. The normalized spacial score (nSPS) is 15.1. The number of carboxylic acids is 1. The van der Waals surface area contributed by atoms with Crippen LogP contribution < -0.4 is 5.32 Å². The van der Waals surface area contributed by atoms with Crippen molar-refractivity contribution < 1.29 is 14.7 Å². The van der Waals surface area contributed by atoms with Crippen LogP contribution in [0.1, 0.15) is 44.1 Å². The van der Waals surface area contributed by atoms with Crippen molar-refractivity contribution in [1.29, 1.82) is 0 Å². The minimum absolute atomic E-state index is 0.0473. The van der Waals surface area contributed by atoms with Crippen molar-refractivity contribution in [3.63, 3.8) is 0 Å². The lowest BCUT2D eigenvalue weighted by Gasteiger charge is -2.30. The zero-order chi connectivity index (χ0) is 16.5. The third kappa shape index (κ3) is 6.30. The second kappa shape index (κ2) is 9.18. The van der Waals surface area contributed by atoms with Crippen molar-refractivity contribution in [2.75, 3.05) is 13.1 Å². The summed E-state index contributed by atoms with van der Waals surface area (Å²) in [5.41, 5.74) is 1.09. The lowest BCUT2D eigenvalue weighted by atomic mass is 9.89. The van der Waals surface area contributed by atoms with Gasteiger partial charge in [0.1, 0.15) is 0 Å². The number of carboxylic acid groups (broad SMARTS) is 1. The maximum absolute atomic E-state index is 12.4. The summed E-state index contributed by atoms with van der Waals surface area (Å²) >= 11 is 0. The van der Waals surface area contributed by atoms with E-state index in [9.17, 15) is 9.59 Å². The van der Waals surface area contributed by atoms with E-state index < -0.39 is 5.97 Å². The van der Waals surface area contributed by atoms with Crippen LogP contribution in [0, 0.1) is 5.92 Å². The standard InChI is InChI=1S/C18H26N2O3/c21-17(22)11-12-19-18(23)20(13-15-7-3-1-4-8-15)14-16-9-5-2-6-10-16/h1,3-4,7-8,16H,2,5-6,9-14H2,(H,19,23)(H,21,22). The van der Waals surface area contributed by atoms with Crippen LogP contribution in [0.5, 0.6) is 0 Å². The zero-order valence-corrected chi connectivity index (χ0v) is 13.5. The maximum atomic E-state index is 12.4. The Morgan fingerprint density at radius 1 is 1.13 bits per heavy atom. The number of aliphatic carboxylic acids is 1. The van der Waals surface area contributed by atoms with E-state index in [0.717, 1.165) is 12.1 Å². The summed E-state index contributed by atoms with van der Waals surface area (Å²) in [6, 6.07) is 9.76. The number of hydrogen-bond acceptors (Lipinski definition) is 2. The molecule has 1 aromatic rings. The third-order valence-corrected chi connectivity index (χ3v) is 4.32. The monoisotopic (exact) mass is 318 g/mol. The molecule has 1 aliphatic rings. The highest BCUT2D eigenvalue weighted by molar-refractivity contribution is 5.75. The van der Waals surface area contributed by atoms with Crippen molar-refractivity contribution in [1.82, 2.24) is 10.2 Å². The molecule has 5 nitrogen and oxygen atoms in total. The van der Waals surface area contributed by atoms with Gasteiger partial charge in [0, 0.05) is 19.6 Å². The SMILES string of the molecule is O=C(O)CCNC(=O)N(Cc1ccccc1)CC1CCCCC1. The van der Waals surface area contributed by atoms with Gasteiger partial charge in [0.15, 0.2) is 0 Å². The molecule has 1 aromatic carbocycles. The second-order valence-corrected chi connectivity index (χ2v) is 6.25. The van der Waals surface area contributed by atoms with Gasteiger partial charge in [-0.05, 0) is 24.3 Å². The van der Waals surface area contributed by atoms with E-state index in [-0.39, 0.29) is 19.0 Å². The molecular formula is C18H26N2O3. The van der Waals surface area contributed by atoms with Crippen molar-refractivity contribution in [3.8, 4) is 0 Å². The predicted octanol–water partition coefficient (Wildman–Crippen LogP) is 3.25. The number of urea groups is 1. The summed E-state index contributed by atoms with van der Waals surface area (Å²) in [6.45, 7) is 1.48. The minimum atomic E-state index is -0.896. The van der Waals surface area contributed by atoms with Crippen molar-refractivity contribution in [3.05, 3.63) is 35.9 Å². The Morgan fingerprint density at radius 3 is 2.48 bits per heavy atom. The first-order valence-corrected chi connectivity index (χ1v) is 8.43. The molecule has 0 atom stereocenters. The van der Waals surface area contributed by atoms with Gasteiger partial charge in [0.2, 0.25) is 0 Å². The van der Waals surface area contributed by atoms with Gasteiger partial charge in [0.25, 0.3) is 0 Å². The molecule has 5 heteroatoms. The molecule has 2 amide bonds. The summed E-state index contributed by atoms with van der Waals surface area (Å²) in [6.07, 6.45) is 6.07. The zero-order valence-electron chi connectivity index (χ0n) is 13.5. The quantitative estimate of drug-likeness (QED) is 0.811. The summed E-state index contributed by atoms with van der Waals surface area (Å²) < 4.78 is 0. The van der Waals surface area contributed by atoms with Crippen LogP contribution in [0.4, 0.5) is 4.79 Å². The molecule has 0 radical (unpaired) electrons. The Balaban J connectivity index is 1.94. The second-order valence-electron chi connectivity index (χ2n) is 6.25. The Bertz CT molecular complexity index is 498. The molecule has 1 fully saturated rings. The molecule has 0 aliphatic heterocycles. The molecule has 1 saturated carbocycles. The Labute approximate surface area is 137 Å². The Hall–Kier alpha value is -2.04. The van der Waals surface area contributed by atoms with E-state index in [4.69, 9.17) is 5.11 Å². The van der Waals surface area contributed by atoms with Crippen LogP contribution in [-0.2, 0) is 11.3 Å². The molecule has 1 aliphatic carbocycles. The largest absolute Gasteiger partial charge is 0.481 e. The van der Waals surface area contributed by atoms with Crippen LogP contribution >= 0.6 is 0 Å². The lowest BCUT2D eigenvalue weighted by molar-refractivity contribution is -0.136. The number of hydrogen-bond donors (Lipinski definition) is 2. The van der Waals surface area contributed by atoms with E-state index in [1.165, 1.54) is 32.1 Å². The van der Waals surface area contributed by atoms with Crippen LogP contribution in [-0.4, -0.2) is 35.1 Å². The third-order valence-electron chi connectivity index (χ3n) is 4.32. The highest BCUT2D eigenvalue weighted by atomic mass is 16.4. The van der Waals surface area contributed by atoms with Gasteiger partial charge < -0.3 is 15.3 Å². The average Bonchev–Trinajstić information content (AvgIpc) is 2.56. The molecule has 0 spiro atoms. The fourth-order valence-electron chi connectivity index (χ4n) is 3.09. The average molecular weight is 318 g/mol. The number of amides is 2. The molecule has 126 valence electrons. The van der Waals surface area contributed by atoms with Gasteiger partial charge in [-0.25, -0.2) is 4.79 Å². The van der Waals surface area contributed by atoms with E-state index in [2.05, 4.69) is 5.32 Å². The highest BCUT2D eigenvalue weighted by Gasteiger charge is 2.21. The molecule has 0 unspecified atom stereocenters. The highest BCUT2D eigenvalue weighted by Crippen LogP contribution is 2.25. The Morgan fingerprint density at radius 2 is 1.83 bits per heavy atom. The van der Waals surface area contributed by atoms with Crippen molar-refractivity contribution >= 4 is 12.0 Å². The van der Waals surface area contributed by atoms with E-state index in [1.54, 1.807) is 0 Å². The molecule has 0 bridgehead atoms. The van der Waals surface area contributed by atoms with E-state index >= 15 is 0 Å². The minimum Gasteiger partial charge on any atom is -0.481 e. The van der Waals surface area contributed by atoms with Gasteiger partial charge in [-0.3, -0.25) is 4.79 Å². The van der Waals surface area contributed by atoms with Crippen molar-refractivity contribution in [2.24, 2.45) is 5.92 Å². The fourth-order valence-corrected chi connectivity index (χ4v) is 3.09. The number of nitrogens with zero attached hydrogens (tertiary/aromatic N) is 1. The first-order valence-electron chi connectivity index (χ1n) is 8.43. The topological polar surface area (TPSA) is 69.6 Å². The first kappa shape index (κ1) is 17.3. The number of nitrogens with one attached hydrogen (secondary N) is 1. The summed E-state index contributed by atoms with van der Waals surface area (Å²) in [4.78, 5) is 24.8. The molecule has 2 rings (SSSR count). The lowest BCUT2D eigenvalue weighted by Crippen LogP contribution is -2.43. The molecule has 0 heterocycles. The van der Waals surface area contributed by atoms with Crippen LogP contribution in [0.15, 0.2) is 30.3 Å². The van der Waals surface area contributed by atoms with E-state index in [1.807, 2.05) is 35.2 Å².